The molecule has 0 unspecified atom stereocenters. The highest BCUT2D eigenvalue weighted by Gasteiger charge is 2.11. The Morgan fingerprint density at radius 2 is 1.78 bits per heavy atom. The van der Waals surface area contributed by atoms with Gasteiger partial charge in [0.25, 0.3) is 0 Å². The van der Waals surface area contributed by atoms with Gasteiger partial charge in [0.2, 0.25) is 0 Å². The maximum Gasteiger partial charge on any atom is 0.338 e. The molecule has 0 aliphatic heterocycles. The van der Waals surface area contributed by atoms with Gasteiger partial charge in [0.15, 0.2) is 0 Å². The van der Waals surface area contributed by atoms with E-state index < -0.39 is 0 Å². The maximum atomic E-state index is 11.7. The molecule has 0 heterocycles. The van der Waals surface area contributed by atoms with Crippen molar-refractivity contribution in [3.63, 3.8) is 0 Å². The van der Waals surface area contributed by atoms with Crippen molar-refractivity contribution >= 4 is 5.97 Å². The first-order valence-electron chi connectivity index (χ1n) is 7.31. The van der Waals surface area contributed by atoms with Crippen LogP contribution in [-0.2, 0) is 17.8 Å². The zero-order chi connectivity index (χ0) is 15.9. The SMILES string of the molecule is COC(=O)c1ccccc1COc1ccc(C[C@@H](C)[NH3+])cc1.[Cl-]. The van der Waals surface area contributed by atoms with Crippen molar-refractivity contribution in [3.05, 3.63) is 65.2 Å². The molecule has 23 heavy (non-hydrogen) atoms. The lowest BCUT2D eigenvalue weighted by atomic mass is 10.1. The fraction of sp³-hybridized carbons (Fsp3) is 0.278. The van der Waals surface area contributed by atoms with Crippen molar-refractivity contribution in [1.29, 1.82) is 0 Å². The lowest BCUT2D eigenvalue weighted by Gasteiger charge is -2.10. The highest BCUT2D eigenvalue weighted by atomic mass is 35.5. The molecule has 1 atom stereocenters. The molecule has 5 heteroatoms. The van der Waals surface area contributed by atoms with Crippen molar-refractivity contribution < 1.29 is 32.4 Å². The maximum absolute atomic E-state index is 11.7. The zero-order valence-corrected chi connectivity index (χ0v) is 14.2. The zero-order valence-electron chi connectivity index (χ0n) is 13.4. The van der Waals surface area contributed by atoms with Gasteiger partial charge in [0.1, 0.15) is 12.4 Å². The number of hydrogen-bond acceptors (Lipinski definition) is 3. The van der Waals surface area contributed by atoms with Crippen molar-refractivity contribution in [2.75, 3.05) is 7.11 Å². The molecule has 0 amide bonds. The first-order chi connectivity index (χ1) is 10.6. The van der Waals surface area contributed by atoms with E-state index in [-0.39, 0.29) is 18.4 Å². The second kappa shape index (κ2) is 9.18. The second-order valence-electron chi connectivity index (χ2n) is 5.39. The van der Waals surface area contributed by atoms with Crippen molar-refractivity contribution in [3.8, 4) is 5.75 Å². The Balaban J connectivity index is 0.00000264. The topological polar surface area (TPSA) is 63.2 Å². The molecule has 3 N–H and O–H groups in total. The summed E-state index contributed by atoms with van der Waals surface area (Å²) in [6.45, 7) is 2.42. The summed E-state index contributed by atoms with van der Waals surface area (Å²) in [7, 11) is 1.38. The number of esters is 1. The summed E-state index contributed by atoms with van der Waals surface area (Å²) in [4.78, 5) is 11.7. The summed E-state index contributed by atoms with van der Waals surface area (Å²) < 4.78 is 10.5. The van der Waals surface area contributed by atoms with Gasteiger partial charge in [-0.15, -0.1) is 0 Å². The monoisotopic (exact) mass is 335 g/mol. The van der Waals surface area contributed by atoms with Crippen LogP contribution in [-0.4, -0.2) is 19.1 Å². The molecule has 4 nitrogen and oxygen atoms in total. The van der Waals surface area contributed by atoms with Gasteiger partial charge in [0, 0.05) is 12.0 Å². The Morgan fingerprint density at radius 3 is 2.39 bits per heavy atom. The number of halogens is 1. The molecule has 0 bridgehead atoms. The third-order valence-corrected chi connectivity index (χ3v) is 3.32. The molecule has 0 radical (unpaired) electrons. The molecule has 0 saturated heterocycles. The van der Waals surface area contributed by atoms with E-state index >= 15 is 0 Å². The van der Waals surface area contributed by atoms with Crippen LogP contribution in [0.15, 0.2) is 48.5 Å². The van der Waals surface area contributed by atoms with E-state index in [1.165, 1.54) is 12.7 Å². The van der Waals surface area contributed by atoms with E-state index in [0.717, 1.165) is 17.7 Å². The van der Waals surface area contributed by atoms with Crippen LogP contribution in [0.4, 0.5) is 0 Å². The molecule has 2 aromatic rings. The van der Waals surface area contributed by atoms with Crippen LogP contribution in [0.2, 0.25) is 0 Å². The highest BCUT2D eigenvalue weighted by molar-refractivity contribution is 5.90. The van der Waals surface area contributed by atoms with Gasteiger partial charge in [-0.3, -0.25) is 0 Å². The van der Waals surface area contributed by atoms with Gasteiger partial charge in [-0.25, -0.2) is 4.79 Å². The third kappa shape index (κ3) is 5.58. The van der Waals surface area contributed by atoms with Crippen LogP contribution in [0, 0.1) is 0 Å². The lowest BCUT2D eigenvalue weighted by Crippen LogP contribution is -3.00. The van der Waals surface area contributed by atoms with E-state index in [4.69, 9.17) is 9.47 Å². The minimum absolute atomic E-state index is 0. The average Bonchev–Trinajstić information content (AvgIpc) is 2.53. The van der Waals surface area contributed by atoms with Gasteiger partial charge >= 0.3 is 5.97 Å². The van der Waals surface area contributed by atoms with Crippen LogP contribution in [0.3, 0.4) is 0 Å². The second-order valence-corrected chi connectivity index (χ2v) is 5.39. The Bertz CT molecular complexity index is 626. The molecular weight excluding hydrogens is 314 g/mol. The molecular formula is C18H22ClNO3. The molecule has 0 saturated carbocycles. The molecule has 0 aliphatic rings. The number of ether oxygens (including phenoxy) is 2. The fourth-order valence-electron chi connectivity index (χ4n) is 2.24. The van der Waals surface area contributed by atoms with Crippen molar-refractivity contribution in [2.45, 2.75) is 26.0 Å². The van der Waals surface area contributed by atoms with E-state index in [0.29, 0.717) is 18.2 Å². The number of benzene rings is 2. The predicted molar refractivity (Wildman–Crippen MR) is 84.6 cm³/mol. The summed E-state index contributed by atoms with van der Waals surface area (Å²) >= 11 is 0. The quantitative estimate of drug-likeness (QED) is 0.705. The Labute approximate surface area is 143 Å². The number of carbonyl (C=O) groups is 1. The van der Waals surface area contributed by atoms with Gasteiger partial charge in [-0.1, -0.05) is 30.3 Å². The van der Waals surface area contributed by atoms with Gasteiger partial charge in [-0.2, -0.15) is 0 Å². The van der Waals surface area contributed by atoms with Crippen LogP contribution in [0.1, 0.15) is 28.4 Å². The molecule has 0 fully saturated rings. The lowest BCUT2D eigenvalue weighted by molar-refractivity contribution is -0.413. The first kappa shape index (κ1) is 19.0. The largest absolute Gasteiger partial charge is 1.00 e. The summed E-state index contributed by atoms with van der Waals surface area (Å²) in [6.07, 6.45) is 0.950. The van der Waals surface area contributed by atoms with E-state index in [1.54, 1.807) is 6.07 Å². The molecule has 2 rings (SSSR count). The molecule has 124 valence electrons. The Morgan fingerprint density at radius 1 is 1.13 bits per heavy atom. The van der Waals surface area contributed by atoms with Gasteiger partial charge in [0.05, 0.1) is 18.7 Å². The summed E-state index contributed by atoms with van der Waals surface area (Å²) in [5.41, 5.74) is 6.58. The number of rotatable bonds is 6. The highest BCUT2D eigenvalue weighted by Crippen LogP contribution is 2.17. The summed E-state index contributed by atoms with van der Waals surface area (Å²) in [5, 5.41) is 0. The number of carbonyl (C=O) groups excluding carboxylic acids is 1. The molecule has 0 aliphatic carbocycles. The van der Waals surface area contributed by atoms with E-state index in [9.17, 15) is 4.79 Å². The van der Waals surface area contributed by atoms with E-state index in [2.05, 4.69) is 12.7 Å². The first-order valence-corrected chi connectivity index (χ1v) is 7.31. The average molecular weight is 336 g/mol. The van der Waals surface area contributed by atoms with Crippen LogP contribution in [0.5, 0.6) is 5.75 Å². The van der Waals surface area contributed by atoms with Crippen molar-refractivity contribution in [1.82, 2.24) is 0 Å². The smallest absolute Gasteiger partial charge is 0.338 e. The minimum Gasteiger partial charge on any atom is -1.00 e. The predicted octanol–water partition coefficient (Wildman–Crippen LogP) is -0.771. The molecule has 0 aromatic heterocycles. The Hall–Kier alpha value is -2.04. The summed E-state index contributed by atoms with van der Waals surface area (Å²) in [6, 6.07) is 15.7. The van der Waals surface area contributed by atoms with Crippen LogP contribution < -0.4 is 22.9 Å². The Kier molecular flexibility index (Phi) is 7.59. The number of hydrogen-bond donors (Lipinski definition) is 1. The number of methoxy groups -OCH3 is 1. The summed E-state index contributed by atoms with van der Waals surface area (Å²) in [5.74, 6) is 0.430. The van der Waals surface area contributed by atoms with Crippen molar-refractivity contribution in [2.24, 2.45) is 0 Å². The van der Waals surface area contributed by atoms with Gasteiger partial charge in [-0.05, 0) is 30.7 Å². The molecule has 2 aromatic carbocycles. The standard InChI is InChI=1S/C18H21NO3.ClH/c1-13(19)11-14-7-9-16(10-8-14)22-12-15-5-3-4-6-17(15)18(20)21-2;/h3-10,13H,11-12,19H2,1-2H3;1H/t13-;/m1./s1. The normalized spacial score (nSPS) is 11.3. The minimum atomic E-state index is -0.348. The third-order valence-electron chi connectivity index (χ3n) is 3.32. The number of quaternary nitrogens is 1. The van der Waals surface area contributed by atoms with Crippen LogP contribution >= 0.6 is 0 Å². The van der Waals surface area contributed by atoms with E-state index in [1.807, 2.05) is 42.5 Å². The van der Waals surface area contributed by atoms with Gasteiger partial charge < -0.3 is 27.6 Å². The fourth-order valence-corrected chi connectivity index (χ4v) is 2.24. The molecule has 0 spiro atoms. The van der Waals surface area contributed by atoms with Crippen LogP contribution in [0.25, 0.3) is 0 Å².